The molecular weight excluding hydrogens is 154 g/mol. The van der Waals surface area contributed by atoms with Crippen LogP contribution in [0.2, 0.25) is 0 Å². The minimum absolute atomic E-state index is 0.331. The van der Waals surface area contributed by atoms with Crippen molar-refractivity contribution in [3.05, 3.63) is 12.2 Å². The first-order valence-electron chi connectivity index (χ1n) is 1.70. The summed E-state index contributed by atoms with van der Waals surface area (Å²) >= 11 is 15.9. The van der Waals surface area contributed by atoms with Crippen LogP contribution in [0, 0.1) is 0 Å². The summed E-state index contributed by atoms with van der Waals surface area (Å²) in [5.74, 6) is 0.331. The van der Waals surface area contributed by atoms with Crippen LogP contribution in [0.5, 0.6) is 0 Å². The number of halogens is 3. The van der Waals surface area contributed by atoms with Crippen molar-refractivity contribution < 1.29 is 0 Å². The first-order valence-corrected chi connectivity index (χ1v) is 3.11. The Hall–Kier alpha value is 0.610. The zero-order chi connectivity index (χ0) is 5.86. The van der Waals surface area contributed by atoms with Crippen LogP contribution in [0.25, 0.3) is 0 Å². The quantitative estimate of drug-likeness (QED) is 0.429. The van der Waals surface area contributed by atoms with Crippen molar-refractivity contribution in [2.45, 2.75) is 4.84 Å². The molecule has 0 fully saturated rings. The van der Waals surface area contributed by atoms with Crippen LogP contribution in [0.1, 0.15) is 0 Å². The molecule has 0 saturated heterocycles. The molecule has 0 heterocycles. The highest BCUT2D eigenvalue weighted by Gasteiger charge is 1.99. The van der Waals surface area contributed by atoms with Gasteiger partial charge in [-0.25, -0.2) is 0 Å². The van der Waals surface area contributed by atoms with E-state index in [2.05, 4.69) is 6.58 Å². The molecule has 0 amide bonds. The van der Waals surface area contributed by atoms with Crippen LogP contribution in [0.15, 0.2) is 12.2 Å². The van der Waals surface area contributed by atoms with Crippen LogP contribution in [0.3, 0.4) is 0 Å². The van der Waals surface area contributed by atoms with Crippen LogP contribution in [-0.2, 0) is 0 Å². The van der Waals surface area contributed by atoms with Gasteiger partial charge in [0.05, 0.1) is 0 Å². The van der Waals surface area contributed by atoms with Crippen molar-refractivity contribution in [2.75, 3.05) is 5.88 Å². The van der Waals surface area contributed by atoms with Gasteiger partial charge in [-0.3, -0.25) is 0 Å². The highest BCUT2D eigenvalue weighted by molar-refractivity contribution is 6.46. The Kier molecular flexibility index (Phi) is 3.91. The number of allylic oxidation sites excluding steroid dienone is 1. The Labute approximate surface area is 58.1 Å². The lowest BCUT2D eigenvalue weighted by Gasteiger charge is -1.96. The van der Waals surface area contributed by atoms with E-state index in [0.29, 0.717) is 11.5 Å². The van der Waals surface area contributed by atoms with Gasteiger partial charge in [0.25, 0.3) is 0 Å². The summed E-state index contributed by atoms with van der Waals surface area (Å²) in [6.45, 7) is 3.48. The van der Waals surface area contributed by atoms with Crippen LogP contribution >= 0.6 is 34.8 Å². The van der Waals surface area contributed by atoms with Gasteiger partial charge in [0, 0.05) is 5.88 Å². The van der Waals surface area contributed by atoms with Crippen molar-refractivity contribution in [1.29, 1.82) is 0 Å². The van der Waals surface area contributed by atoms with Gasteiger partial charge < -0.3 is 0 Å². The minimum Gasteiger partial charge on any atom is -0.122 e. The average Bonchev–Trinajstić information content (AvgIpc) is 1.65. The highest BCUT2D eigenvalue weighted by atomic mass is 35.5. The topological polar surface area (TPSA) is 0 Å². The molecule has 0 N–H and O–H groups in total. The van der Waals surface area contributed by atoms with Crippen molar-refractivity contribution >= 4 is 34.8 Å². The summed E-state index contributed by atoms with van der Waals surface area (Å²) in [6, 6.07) is 0. The Morgan fingerprint density at radius 1 is 1.57 bits per heavy atom. The summed E-state index contributed by atoms with van der Waals surface area (Å²) in [4.78, 5) is -0.516. The predicted molar refractivity (Wildman–Crippen MR) is 35.4 cm³/mol. The summed E-state index contributed by atoms with van der Waals surface area (Å²) in [7, 11) is 0. The van der Waals surface area contributed by atoms with Gasteiger partial charge in [0.15, 0.2) is 0 Å². The molecule has 3 heteroatoms. The van der Waals surface area contributed by atoms with E-state index >= 15 is 0 Å². The van der Waals surface area contributed by atoms with E-state index < -0.39 is 4.84 Å². The van der Waals surface area contributed by atoms with Gasteiger partial charge in [-0.2, -0.15) is 0 Å². The molecular formula is C4H5Cl3. The van der Waals surface area contributed by atoms with E-state index in [-0.39, 0.29) is 0 Å². The van der Waals surface area contributed by atoms with Crippen molar-refractivity contribution in [3.63, 3.8) is 0 Å². The average molecular weight is 159 g/mol. The van der Waals surface area contributed by atoms with E-state index in [1.165, 1.54) is 0 Å². The van der Waals surface area contributed by atoms with Crippen molar-refractivity contribution in [1.82, 2.24) is 0 Å². The molecule has 0 aromatic heterocycles. The molecule has 0 spiro atoms. The van der Waals surface area contributed by atoms with E-state index in [9.17, 15) is 0 Å². The zero-order valence-electron chi connectivity index (χ0n) is 3.63. The van der Waals surface area contributed by atoms with Gasteiger partial charge >= 0.3 is 0 Å². The molecule has 0 rings (SSSR count). The SMILES string of the molecule is C=C(CCl)C(Cl)Cl. The summed E-state index contributed by atoms with van der Waals surface area (Å²) in [5, 5.41) is 0. The minimum atomic E-state index is -0.516. The molecule has 0 aliphatic carbocycles. The third-order valence-corrected chi connectivity index (χ3v) is 1.44. The number of alkyl halides is 3. The maximum Gasteiger partial charge on any atom is 0.129 e. The second-order valence-corrected chi connectivity index (χ2v) is 2.46. The number of rotatable bonds is 2. The maximum absolute atomic E-state index is 5.31. The maximum atomic E-state index is 5.31. The smallest absolute Gasteiger partial charge is 0.122 e. The van der Waals surface area contributed by atoms with Crippen molar-refractivity contribution in [2.24, 2.45) is 0 Å². The predicted octanol–water partition coefficient (Wildman–Crippen LogP) is 2.59. The molecule has 0 atom stereocenters. The lowest BCUT2D eigenvalue weighted by Crippen LogP contribution is -1.91. The summed E-state index contributed by atoms with van der Waals surface area (Å²) in [6.07, 6.45) is 0. The molecule has 42 valence electrons. The zero-order valence-corrected chi connectivity index (χ0v) is 5.89. The Morgan fingerprint density at radius 3 is 2.00 bits per heavy atom. The first-order chi connectivity index (χ1) is 3.18. The van der Waals surface area contributed by atoms with E-state index in [1.807, 2.05) is 0 Å². The molecule has 0 saturated carbocycles. The fraction of sp³-hybridized carbons (Fsp3) is 0.500. The van der Waals surface area contributed by atoms with Crippen LogP contribution in [0.4, 0.5) is 0 Å². The molecule has 0 aliphatic rings. The van der Waals surface area contributed by atoms with Gasteiger partial charge in [-0.05, 0) is 5.57 Å². The molecule has 7 heavy (non-hydrogen) atoms. The molecule has 0 aromatic carbocycles. The fourth-order valence-corrected chi connectivity index (χ4v) is 0.525. The lowest BCUT2D eigenvalue weighted by molar-refractivity contribution is 1.36. The first kappa shape index (κ1) is 7.61. The molecule has 0 unspecified atom stereocenters. The molecule has 0 radical (unpaired) electrons. The third-order valence-electron chi connectivity index (χ3n) is 0.480. The monoisotopic (exact) mass is 158 g/mol. The fourth-order valence-electron chi connectivity index (χ4n) is 0.0583. The lowest BCUT2D eigenvalue weighted by atomic mass is 10.4. The van der Waals surface area contributed by atoms with Gasteiger partial charge in [0.2, 0.25) is 0 Å². The Bertz CT molecular complexity index is 67.3. The molecule has 0 nitrogen and oxygen atoms in total. The number of hydrogen-bond acceptors (Lipinski definition) is 0. The Morgan fingerprint density at radius 2 is 2.00 bits per heavy atom. The number of hydrogen-bond donors (Lipinski definition) is 0. The van der Waals surface area contributed by atoms with E-state index in [4.69, 9.17) is 34.8 Å². The van der Waals surface area contributed by atoms with Gasteiger partial charge in [0.1, 0.15) is 4.84 Å². The largest absolute Gasteiger partial charge is 0.129 e. The second-order valence-electron chi connectivity index (χ2n) is 1.09. The summed E-state index contributed by atoms with van der Waals surface area (Å²) in [5.41, 5.74) is 0.644. The summed E-state index contributed by atoms with van der Waals surface area (Å²) < 4.78 is 0. The second kappa shape index (κ2) is 3.59. The van der Waals surface area contributed by atoms with Gasteiger partial charge in [-0.1, -0.05) is 6.58 Å². The highest BCUT2D eigenvalue weighted by Crippen LogP contribution is 2.12. The normalized spacial score (nSPS) is 9.71. The third kappa shape index (κ3) is 3.22. The van der Waals surface area contributed by atoms with Crippen LogP contribution in [-0.4, -0.2) is 10.7 Å². The standard InChI is InChI=1S/C4H5Cl3/c1-3(2-5)4(6)7/h4H,1-2H2. The van der Waals surface area contributed by atoms with Crippen molar-refractivity contribution in [3.8, 4) is 0 Å². The molecule has 0 bridgehead atoms. The van der Waals surface area contributed by atoms with E-state index in [1.54, 1.807) is 0 Å². The van der Waals surface area contributed by atoms with E-state index in [0.717, 1.165) is 0 Å². The van der Waals surface area contributed by atoms with Crippen LogP contribution < -0.4 is 0 Å². The molecule has 0 aliphatic heterocycles. The molecule has 0 aromatic rings. The Balaban J connectivity index is 3.35. The van der Waals surface area contributed by atoms with Gasteiger partial charge in [-0.15, -0.1) is 34.8 Å².